The molecule has 0 unspecified atom stereocenters. The van der Waals surface area contributed by atoms with Gasteiger partial charge in [0, 0.05) is 43.2 Å². The Kier molecular flexibility index (Phi) is 5.96. The summed E-state index contributed by atoms with van der Waals surface area (Å²) in [6, 6.07) is 11.8. The molecule has 0 spiro atoms. The number of ether oxygens (including phenoxy) is 1. The Morgan fingerprint density at radius 3 is 2.50 bits per heavy atom. The van der Waals surface area contributed by atoms with Crippen molar-refractivity contribution < 1.29 is 9.15 Å². The predicted octanol–water partition coefficient (Wildman–Crippen LogP) is 4.34. The third-order valence-corrected chi connectivity index (χ3v) is 6.31. The van der Waals surface area contributed by atoms with Gasteiger partial charge in [-0.2, -0.15) is 0 Å². The Labute approximate surface area is 173 Å². The highest BCUT2D eigenvalue weighted by Crippen LogP contribution is 2.27. The van der Waals surface area contributed by atoms with E-state index >= 15 is 0 Å². The maximum atomic E-state index is 6.03. The summed E-state index contributed by atoms with van der Waals surface area (Å²) in [6.45, 7) is 7.06. The fourth-order valence-corrected chi connectivity index (χ4v) is 4.51. The van der Waals surface area contributed by atoms with Gasteiger partial charge < -0.3 is 9.15 Å². The number of methoxy groups -OCH3 is 1. The molecule has 4 rings (SSSR count). The fourth-order valence-electron chi connectivity index (χ4n) is 3.38. The van der Waals surface area contributed by atoms with Crippen LogP contribution in [0, 0.1) is 0 Å². The van der Waals surface area contributed by atoms with Crippen LogP contribution in [0.5, 0.6) is 5.75 Å². The first-order chi connectivity index (χ1) is 13.6. The molecule has 1 fully saturated rings. The second kappa shape index (κ2) is 8.61. The lowest BCUT2D eigenvalue weighted by molar-refractivity contribution is 0.0881. The molecule has 0 N–H and O–H groups in total. The van der Waals surface area contributed by atoms with Gasteiger partial charge >= 0.3 is 0 Å². The lowest BCUT2D eigenvalue weighted by Gasteiger charge is -2.36. The van der Waals surface area contributed by atoms with Crippen LogP contribution >= 0.6 is 22.9 Å². The molecule has 0 amide bonds. The minimum atomic E-state index is 0.0952. The average Bonchev–Trinajstić information content (AvgIpc) is 3.37. The highest BCUT2D eigenvalue weighted by atomic mass is 35.5. The van der Waals surface area contributed by atoms with Crippen molar-refractivity contribution >= 4 is 22.9 Å². The molecule has 1 aromatic carbocycles. The van der Waals surface area contributed by atoms with Crippen LogP contribution in [0.25, 0.3) is 11.5 Å². The molecule has 2 aromatic heterocycles. The van der Waals surface area contributed by atoms with Crippen LogP contribution in [0.3, 0.4) is 0 Å². The van der Waals surface area contributed by atoms with E-state index in [4.69, 9.17) is 20.8 Å². The molecule has 1 aliphatic heterocycles. The number of halogens is 1. The number of aromatic nitrogens is 2. The van der Waals surface area contributed by atoms with Crippen LogP contribution in [0.4, 0.5) is 0 Å². The van der Waals surface area contributed by atoms with E-state index in [0.717, 1.165) is 48.4 Å². The van der Waals surface area contributed by atoms with Crippen molar-refractivity contribution in [1.29, 1.82) is 0 Å². The molecule has 6 nitrogen and oxygen atoms in total. The second-order valence-corrected chi connectivity index (χ2v) is 8.67. The van der Waals surface area contributed by atoms with Gasteiger partial charge in [0.2, 0.25) is 11.8 Å². The summed E-state index contributed by atoms with van der Waals surface area (Å²) in [7, 11) is 1.65. The summed E-state index contributed by atoms with van der Waals surface area (Å²) in [4.78, 5) is 6.16. The van der Waals surface area contributed by atoms with Crippen LogP contribution in [-0.4, -0.2) is 53.3 Å². The molecule has 0 radical (unpaired) electrons. The van der Waals surface area contributed by atoms with E-state index in [9.17, 15) is 0 Å². The lowest BCUT2D eigenvalue weighted by Crippen LogP contribution is -2.46. The fraction of sp³-hybridized carbons (Fsp3) is 0.400. The van der Waals surface area contributed by atoms with E-state index in [1.165, 1.54) is 4.88 Å². The summed E-state index contributed by atoms with van der Waals surface area (Å²) in [5.41, 5.74) is 0.895. The van der Waals surface area contributed by atoms with Crippen molar-refractivity contribution in [2.45, 2.75) is 19.5 Å². The van der Waals surface area contributed by atoms with Crippen LogP contribution in [-0.2, 0) is 6.54 Å². The number of rotatable bonds is 6. The van der Waals surface area contributed by atoms with Gasteiger partial charge in [-0.05, 0) is 43.3 Å². The van der Waals surface area contributed by atoms with Crippen molar-refractivity contribution in [2.75, 3.05) is 33.3 Å². The molecule has 1 saturated heterocycles. The third-order valence-electron chi connectivity index (χ3n) is 5.10. The van der Waals surface area contributed by atoms with Gasteiger partial charge in [0.15, 0.2) is 0 Å². The van der Waals surface area contributed by atoms with Gasteiger partial charge in [0.25, 0.3) is 0 Å². The molecular weight excluding hydrogens is 396 g/mol. The predicted molar refractivity (Wildman–Crippen MR) is 111 cm³/mol. The molecule has 3 aromatic rings. The first kappa shape index (κ1) is 19.4. The summed E-state index contributed by atoms with van der Waals surface area (Å²) in [6.07, 6.45) is 0. The monoisotopic (exact) mass is 418 g/mol. The number of hydrogen-bond donors (Lipinski definition) is 0. The van der Waals surface area contributed by atoms with Gasteiger partial charge in [-0.15, -0.1) is 21.5 Å². The van der Waals surface area contributed by atoms with E-state index in [1.807, 2.05) is 30.3 Å². The Balaban J connectivity index is 1.35. The average molecular weight is 419 g/mol. The van der Waals surface area contributed by atoms with Gasteiger partial charge in [-0.1, -0.05) is 11.6 Å². The highest BCUT2D eigenvalue weighted by molar-refractivity contribution is 7.16. The Morgan fingerprint density at radius 1 is 1.11 bits per heavy atom. The van der Waals surface area contributed by atoms with Crippen molar-refractivity contribution in [2.24, 2.45) is 0 Å². The molecule has 3 heterocycles. The minimum Gasteiger partial charge on any atom is -0.497 e. The highest BCUT2D eigenvalue weighted by Gasteiger charge is 2.26. The first-order valence-electron chi connectivity index (χ1n) is 9.31. The molecule has 28 heavy (non-hydrogen) atoms. The zero-order chi connectivity index (χ0) is 19.5. The van der Waals surface area contributed by atoms with E-state index in [0.29, 0.717) is 11.8 Å². The van der Waals surface area contributed by atoms with Gasteiger partial charge in [0.05, 0.1) is 17.5 Å². The van der Waals surface area contributed by atoms with Crippen LogP contribution < -0.4 is 4.74 Å². The molecule has 0 aliphatic carbocycles. The van der Waals surface area contributed by atoms with E-state index in [1.54, 1.807) is 18.4 Å². The molecule has 8 heteroatoms. The smallest absolute Gasteiger partial charge is 0.247 e. The van der Waals surface area contributed by atoms with Crippen molar-refractivity contribution in [3.8, 4) is 17.2 Å². The Morgan fingerprint density at radius 2 is 1.86 bits per heavy atom. The normalized spacial score (nSPS) is 17.0. The molecular formula is C20H23ClN4O2S. The van der Waals surface area contributed by atoms with Crippen molar-refractivity contribution in [1.82, 2.24) is 20.0 Å². The number of thiophene rings is 1. The summed E-state index contributed by atoms with van der Waals surface area (Å²) in [5.74, 6) is 2.00. The van der Waals surface area contributed by atoms with Crippen LogP contribution in [0.2, 0.25) is 4.34 Å². The number of nitrogens with zero attached hydrogens (tertiary/aromatic N) is 4. The number of benzene rings is 1. The van der Waals surface area contributed by atoms with Crippen molar-refractivity contribution in [3.05, 3.63) is 51.5 Å². The van der Waals surface area contributed by atoms with Crippen LogP contribution in [0.1, 0.15) is 23.7 Å². The summed E-state index contributed by atoms with van der Waals surface area (Å²) >= 11 is 7.69. The first-order valence-corrected chi connectivity index (χ1v) is 10.5. The third kappa shape index (κ3) is 4.38. The minimum absolute atomic E-state index is 0.0952. The molecule has 0 bridgehead atoms. The molecule has 1 atom stereocenters. The molecule has 148 valence electrons. The number of piperazine rings is 1. The van der Waals surface area contributed by atoms with Gasteiger partial charge in [0.1, 0.15) is 5.75 Å². The lowest BCUT2D eigenvalue weighted by atomic mass is 10.2. The zero-order valence-corrected chi connectivity index (χ0v) is 17.5. The second-order valence-electron chi connectivity index (χ2n) is 6.87. The Hall–Kier alpha value is -1.93. The molecule has 0 saturated carbocycles. The zero-order valence-electron chi connectivity index (χ0n) is 16.0. The maximum Gasteiger partial charge on any atom is 0.247 e. The van der Waals surface area contributed by atoms with E-state index < -0.39 is 0 Å². The van der Waals surface area contributed by atoms with Gasteiger partial charge in [-0.3, -0.25) is 9.80 Å². The van der Waals surface area contributed by atoms with Crippen molar-refractivity contribution in [3.63, 3.8) is 0 Å². The Bertz CT molecular complexity index is 903. The topological polar surface area (TPSA) is 54.6 Å². The van der Waals surface area contributed by atoms with E-state index in [2.05, 4.69) is 33.0 Å². The number of hydrogen-bond acceptors (Lipinski definition) is 7. The molecule has 1 aliphatic rings. The van der Waals surface area contributed by atoms with Crippen LogP contribution in [0.15, 0.2) is 40.8 Å². The SMILES string of the molecule is COc1ccc(-c2nnc([C@H](C)N3CCN(Cc4ccc(Cl)s4)CC3)o2)cc1. The summed E-state index contributed by atoms with van der Waals surface area (Å²) < 4.78 is 12.0. The summed E-state index contributed by atoms with van der Waals surface area (Å²) in [5, 5.41) is 8.51. The quantitative estimate of drug-likeness (QED) is 0.593. The maximum absolute atomic E-state index is 6.03. The van der Waals surface area contributed by atoms with E-state index in [-0.39, 0.29) is 6.04 Å². The standard InChI is InChI=1S/C20H23ClN4O2S/c1-14(19-22-23-20(27-19)15-3-5-16(26-2)6-4-15)25-11-9-24(10-12-25)13-17-7-8-18(21)28-17/h3-8,14H,9-13H2,1-2H3/t14-/m0/s1. The van der Waals surface area contributed by atoms with Gasteiger partial charge in [-0.25, -0.2) is 0 Å². The largest absolute Gasteiger partial charge is 0.497 e.